The van der Waals surface area contributed by atoms with E-state index in [2.05, 4.69) is 41.5 Å². The van der Waals surface area contributed by atoms with Gasteiger partial charge in [-0.3, -0.25) is 0 Å². The zero-order chi connectivity index (χ0) is 13.8. The molecule has 3 rings (SSSR count). The number of benzene rings is 1. The maximum absolute atomic E-state index is 3.78. The summed E-state index contributed by atoms with van der Waals surface area (Å²) in [7, 11) is 2.29. The van der Waals surface area contributed by atoms with Crippen molar-refractivity contribution in [2.45, 2.75) is 49.1 Å². The number of nitrogens with zero attached hydrogens (tertiary/aromatic N) is 1. The molecule has 0 bridgehead atoms. The second kappa shape index (κ2) is 6.97. The SMILES string of the molecule is CN(CCNC1CCSc2ccccc21)C1CCCC1. The fraction of sp³-hybridized carbons (Fsp3) is 0.647. The molecule has 1 aromatic rings. The number of hydrogen-bond donors (Lipinski definition) is 1. The Kier molecular flexibility index (Phi) is 5.03. The number of likely N-dealkylation sites (N-methyl/N-ethyl adjacent to an activating group) is 1. The van der Waals surface area contributed by atoms with E-state index in [0.29, 0.717) is 6.04 Å². The number of nitrogens with one attached hydrogen (secondary N) is 1. The molecule has 2 aliphatic rings. The van der Waals surface area contributed by atoms with Gasteiger partial charge in [0.15, 0.2) is 0 Å². The molecule has 3 heteroatoms. The molecular weight excluding hydrogens is 264 g/mol. The molecule has 0 spiro atoms. The lowest BCUT2D eigenvalue weighted by Gasteiger charge is -2.28. The van der Waals surface area contributed by atoms with Crippen LogP contribution >= 0.6 is 11.8 Å². The molecule has 0 saturated heterocycles. The number of hydrogen-bond acceptors (Lipinski definition) is 3. The minimum Gasteiger partial charge on any atom is -0.309 e. The molecule has 0 aromatic heterocycles. The van der Waals surface area contributed by atoms with Crippen molar-refractivity contribution in [3.05, 3.63) is 29.8 Å². The van der Waals surface area contributed by atoms with E-state index < -0.39 is 0 Å². The smallest absolute Gasteiger partial charge is 0.0339 e. The normalized spacial score (nSPS) is 23.2. The van der Waals surface area contributed by atoms with Crippen LogP contribution in [0.1, 0.15) is 43.7 Å². The summed E-state index contributed by atoms with van der Waals surface area (Å²) in [5.74, 6) is 1.24. The van der Waals surface area contributed by atoms with Gasteiger partial charge < -0.3 is 10.2 Å². The quantitative estimate of drug-likeness (QED) is 0.890. The highest BCUT2D eigenvalue weighted by molar-refractivity contribution is 7.99. The van der Waals surface area contributed by atoms with Gasteiger partial charge in [0, 0.05) is 30.1 Å². The van der Waals surface area contributed by atoms with Crippen LogP contribution in [0.5, 0.6) is 0 Å². The maximum atomic E-state index is 3.78. The highest BCUT2D eigenvalue weighted by atomic mass is 32.2. The topological polar surface area (TPSA) is 15.3 Å². The minimum atomic E-state index is 0.560. The molecule has 1 aliphatic carbocycles. The first kappa shape index (κ1) is 14.4. The standard InChI is InChI=1S/C17H26N2S/c1-19(14-6-2-3-7-14)12-11-18-16-10-13-20-17-9-5-4-8-15(16)17/h4-5,8-9,14,16,18H,2-3,6-7,10-13H2,1H3. The zero-order valence-corrected chi connectivity index (χ0v) is 13.3. The van der Waals surface area contributed by atoms with Crippen LogP contribution in [0, 0.1) is 0 Å². The minimum absolute atomic E-state index is 0.560. The third kappa shape index (κ3) is 3.38. The summed E-state index contributed by atoms with van der Waals surface area (Å²) in [6.07, 6.45) is 6.92. The number of rotatable bonds is 5. The van der Waals surface area contributed by atoms with Gasteiger partial charge in [-0.15, -0.1) is 11.8 Å². The van der Waals surface area contributed by atoms with Crippen molar-refractivity contribution in [2.24, 2.45) is 0 Å². The van der Waals surface area contributed by atoms with Gasteiger partial charge in [-0.1, -0.05) is 31.0 Å². The molecular formula is C17H26N2S. The molecule has 2 nitrogen and oxygen atoms in total. The Hall–Kier alpha value is -0.510. The van der Waals surface area contributed by atoms with E-state index in [1.165, 1.54) is 54.9 Å². The monoisotopic (exact) mass is 290 g/mol. The Labute approximate surface area is 127 Å². The zero-order valence-electron chi connectivity index (χ0n) is 12.5. The molecule has 1 saturated carbocycles. The highest BCUT2D eigenvalue weighted by Gasteiger charge is 2.21. The van der Waals surface area contributed by atoms with E-state index >= 15 is 0 Å². The van der Waals surface area contributed by atoms with Crippen LogP contribution in [0.25, 0.3) is 0 Å². The summed E-state index contributed by atoms with van der Waals surface area (Å²) in [5.41, 5.74) is 1.51. The average molecular weight is 290 g/mol. The molecule has 0 amide bonds. The molecule has 1 unspecified atom stereocenters. The molecule has 20 heavy (non-hydrogen) atoms. The van der Waals surface area contributed by atoms with Crippen LogP contribution in [0.3, 0.4) is 0 Å². The van der Waals surface area contributed by atoms with Crippen molar-refractivity contribution >= 4 is 11.8 Å². The van der Waals surface area contributed by atoms with Crippen molar-refractivity contribution in [2.75, 3.05) is 25.9 Å². The van der Waals surface area contributed by atoms with E-state index in [9.17, 15) is 0 Å². The first-order valence-electron chi connectivity index (χ1n) is 8.00. The fourth-order valence-corrected chi connectivity index (χ4v) is 4.62. The molecule has 1 N–H and O–H groups in total. The summed E-state index contributed by atoms with van der Waals surface area (Å²) >= 11 is 2.00. The maximum Gasteiger partial charge on any atom is 0.0339 e. The van der Waals surface area contributed by atoms with Crippen molar-refractivity contribution in [1.82, 2.24) is 10.2 Å². The largest absolute Gasteiger partial charge is 0.309 e. The van der Waals surface area contributed by atoms with E-state index in [4.69, 9.17) is 0 Å². The Morgan fingerprint density at radius 1 is 1.20 bits per heavy atom. The number of thioether (sulfide) groups is 1. The third-order valence-corrected chi connectivity index (χ3v) is 5.88. The van der Waals surface area contributed by atoms with Crippen LogP contribution in [0.2, 0.25) is 0 Å². The van der Waals surface area contributed by atoms with Crippen LogP contribution in [-0.4, -0.2) is 36.8 Å². The Morgan fingerprint density at radius 2 is 2.00 bits per heavy atom. The van der Waals surface area contributed by atoms with E-state index in [1.807, 2.05) is 11.8 Å². The van der Waals surface area contributed by atoms with Crippen molar-refractivity contribution in [3.8, 4) is 0 Å². The van der Waals surface area contributed by atoms with Gasteiger partial charge >= 0.3 is 0 Å². The highest BCUT2D eigenvalue weighted by Crippen LogP contribution is 2.35. The van der Waals surface area contributed by atoms with E-state index in [0.717, 1.165) is 12.6 Å². The molecule has 1 fully saturated rings. The summed E-state index contributed by atoms with van der Waals surface area (Å²) < 4.78 is 0. The summed E-state index contributed by atoms with van der Waals surface area (Å²) in [4.78, 5) is 4.03. The predicted molar refractivity (Wildman–Crippen MR) is 87.4 cm³/mol. The van der Waals surface area contributed by atoms with Crippen molar-refractivity contribution in [1.29, 1.82) is 0 Å². The Bertz CT molecular complexity index is 429. The molecule has 1 aliphatic heterocycles. The second-order valence-electron chi connectivity index (χ2n) is 6.10. The average Bonchev–Trinajstić information content (AvgIpc) is 3.02. The lowest BCUT2D eigenvalue weighted by molar-refractivity contribution is 0.241. The van der Waals surface area contributed by atoms with Crippen molar-refractivity contribution in [3.63, 3.8) is 0 Å². The first-order valence-corrected chi connectivity index (χ1v) is 8.98. The van der Waals surface area contributed by atoms with Crippen LogP contribution in [0.4, 0.5) is 0 Å². The van der Waals surface area contributed by atoms with Gasteiger partial charge in [0.25, 0.3) is 0 Å². The van der Waals surface area contributed by atoms with Gasteiger partial charge in [-0.05, 0) is 43.7 Å². The van der Waals surface area contributed by atoms with Gasteiger partial charge in [0.1, 0.15) is 0 Å². The summed E-state index contributed by atoms with van der Waals surface area (Å²) in [6.45, 7) is 2.28. The Balaban J connectivity index is 1.49. The van der Waals surface area contributed by atoms with Crippen LogP contribution in [-0.2, 0) is 0 Å². The van der Waals surface area contributed by atoms with Crippen LogP contribution < -0.4 is 5.32 Å². The lowest BCUT2D eigenvalue weighted by atomic mass is 10.0. The Morgan fingerprint density at radius 3 is 2.85 bits per heavy atom. The summed E-state index contributed by atoms with van der Waals surface area (Å²) in [6, 6.07) is 10.3. The van der Waals surface area contributed by atoms with Gasteiger partial charge in [0.2, 0.25) is 0 Å². The second-order valence-corrected chi connectivity index (χ2v) is 7.24. The van der Waals surface area contributed by atoms with Crippen LogP contribution in [0.15, 0.2) is 29.2 Å². The lowest BCUT2D eigenvalue weighted by Crippen LogP contribution is -2.37. The predicted octanol–water partition coefficient (Wildman–Crippen LogP) is 3.69. The third-order valence-electron chi connectivity index (χ3n) is 4.76. The number of fused-ring (bicyclic) bond motifs is 1. The van der Waals surface area contributed by atoms with E-state index in [1.54, 1.807) is 0 Å². The van der Waals surface area contributed by atoms with Gasteiger partial charge in [-0.2, -0.15) is 0 Å². The molecule has 1 atom stereocenters. The fourth-order valence-electron chi connectivity index (χ4n) is 3.50. The van der Waals surface area contributed by atoms with Crippen molar-refractivity contribution < 1.29 is 0 Å². The summed E-state index contributed by atoms with van der Waals surface area (Å²) in [5, 5.41) is 3.78. The first-order chi connectivity index (χ1) is 9.84. The van der Waals surface area contributed by atoms with Gasteiger partial charge in [0.05, 0.1) is 0 Å². The molecule has 1 aromatic carbocycles. The molecule has 110 valence electrons. The molecule has 1 heterocycles. The van der Waals surface area contributed by atoms with E-state index in [-0.39, 0.29) is 0 Å². The molecule has 0 radical (unpaired) electrons. The van der Waals surface area contributed by atoms with Gasteiger partial charge in [-0.25, -0.2) is 0 Å².